The highest BCUT2D eigenvalue weighted by Crippen LogP contribution is 2.12. The molecule has 1 atom stereocenters. The van der Waals surface area contributed by atoms with Gasteiger partial charge in [-0.2, -0.15) is 4.72 Å². The van der Waals surface area contributed by atoms with Crippen molar-refractivity contribution in [1.82, 2.24) is 4.72 Å². The molecule has 0 fully saturated rings. The number of halogens is 2. The van der Waals surface area contributed by atoms with Gasteiger partial charge in [-0.3, -0.25) is 4.79 Å². The number of nitrogens with one attached hydrogen (secondary N) is 1. The lowest BCUT2D eigenvalue weighted by molar-refractivity contribution is -0.137. The minimum atomic E-state index is -3.76. The summed E-state index contributed by atoms with van der Waals surface area (Å²) in [5.41, 5.74) is 5.36. The molecule has 1 aromatic rings. The van der Waals surface area contributed by atoms with Crippen molar-refractivity contribution in [3.63, 3.8) is 0 Å². The molecule has 0 saturated carbocycles. The van der Waals surface area contributed by atoms with Crippen LogP contribution in [0.15, 0.2) is 29.2 Å². The van der Waals surface area contributed by atoms with E-state index in [9.17, 15) is 13.2 Å². The molecule has 9 heteroatoms. The van der Waals surface area contributed by atoms with Crippen molar-refractivity contribution >= 4 is 51.0 Å². The summed E-state index contributed by atoms with van der Waals surface area (Å²) in [4.78, 5) is 10.4. The van der Waals surface area contributed by atoms with Crippen LogP contribution in [-0.2, 0) is 14.8 Å². The van der Waals surface area contributed by atoms with Crippen LogP contribution in [0.3, 0.4) is 0 Å². The Bertz CT molecular complexity index is 506. The van der Waals surface area contributed by atoms with Crippen molar-refractivity contribution in [3.8, 4) is 0 Å². The molecule has 0 bridgehead atoms. The fraction of sp³-hybridized carbons (Fsp3) is 0.222. The predicted molar refractivity (Wildman–Crippen MR) is 77.0 cm³/mol. The van der Waals surface area contributed by atoms with E-state index < -0.39 is 28.6 Å². The van der Waals surface area contributed by atoms with Gasteiger partial charge in [-0.05, 0) is 46.9 Å². The fourth-order valence-corrected chi connectivity index (χ4v) is 2.58. The lowest BCUT2D eigenvalue weighted by Gasteiger charge is -2.12. The largest absolute Gasteiger partial charge is 0.481 e. The first-order chi connectivity index (χ1) is 7.81. The summed E-state index contributed by atoms with van der Waals surface area (Å²) in [6.07, 6.45) is -1.61. The molecule has 4 N–H and O–H groups in total. The molecule has 0 amide bonds. The molecular formula is C9H12ClIN2O4S. The van der Waals surface area contributed by atoms with Gasteiger partial charge in [0, 0.05) is 3.57 Å². The smallest absolute Gasteiger partial charge is 0.306 e. The molecule has 18 heavy (non-hydrogen) atoms. The Kier molecular flexibility index (Phi) is 7.07. The third-order valence-electron chi connectivity index (χ3n) is 1.82. The van der Waals surface area contributed by atoms with Crippen molar-refractivity contribution in [1.29, 1.82) is 0 Å². The van der Waals surface area contributed by atoms with Gasteiger partial charge in [-0.1, -0.05) is 0 Å². The van der Waals surface area contributed by atoms with Gasteiger partial charge in [0.2, 0.25) is 10.0 Å². The second kappa shape index (κ2) is 7.24. The molecule has 0 spiro atoms. The van der Waals surface area contributed by atoms with Crippen LogP contribution in [0.25, 0.3) is 0 Å². The highest BCUT2D eigenvalue weighted by atomic mass is 127. The van der Waals surface area contributed by atoms with Crippen LogP contribution in [0.4, 0.5) is 0 Å². The summed E-state index contributed by atoms with van der Waals surface area (Å²) >= 11 is 2.05. The standard InChI is InChI=1S/C9H11IN2O4S.ClH/c10-6-1-3-7(4-2-6)17(15,16)12-8(11)5-9(13)14;/h1-4,8,12H,5,11H2,(H,13,14);1H/t8-;/m0./s1. The summed E-state index contributed by atoms with van der Waals surface area (Å²) < 4.78 is 26.5. The maximum atomic E-state index is 11.7. The van der Waals surface area contributed by atoms with Crippen molar-refractivity contribution < 1.29 is 18.3 Å². The van der Waals surface area contributed by atoms with Crippen LogP contribution in [0.1, 0.15) is 6.42 Å². The maximum absolute atomic E-state index is 11.7. The van der Waals surface area contributed by atoms with Crippen molar-refractivity contribution in [2.45, 2.75) is 17.5 Å². The number of sulfonamides is 1. The van der Waals surface area contributed by atoms with Gasteiger partial charge in [0.05, 0.1) is 17.5 Å². The SMILES string of the molecule is Cl.N[C@H](CC(=O)O)NS(=O)(=O)c1ccc(I)cc1. The van der Waals surface area contributed by atoms with Gasteiger partial charge >= 0.3 is 5.97 Å². The molecule has 0 radical (unpaired) electrons. The second-order valence-corrected chi connectivity index (χ2v) is 6.24. The number of benzene rings is 1. The van der Waals surface area contributed by atoms with Gasteiger partial charge in [0.25, 0.3) is 0 Å². The van der Waals surface area contributed by atoms with Gasteiger partial charge in [-0.15, -0.1) is 12.4 Å². The maximum Gasteiger partial charge on any atom is 0.306 e. The molecule has 0 aliphatic rings. The highest BCUT2D eigenvalue weighted by Gasteiger charge is 2.18. The second-order valence-electron chi connectivity index (χ2n) is 3.28. The van der Waals surface area contributed by atoms with Crippen molar-refractivity contribution in [2.24, 2.45) is 5.73 Å². The summed E-state index contributed by atoms with van der Waals surface area (Å²) in [7, 11) is -3.76. The van der Waals surface area contributed by atoms with Crippen LogP contribution in [0.2, 0.25) is 0 Å². The van der Waals surface area contributed by atoms with Crippen LogP contribution in [0, 0.1) is 3.57 Å². The lowest BCUT2D eigenvalue weighted by Crippen LogP contribution is -2.42. The third-order valence-corrected chi connectivity index (χ3v) is 4.05. The Hall–Kier alpha value is -0.420. The van der Waals surface area contributed by atoms with Crippen molar-refractivity contribution in [2.75, 3.05) is 0 Å². The van der Waals surface area contributed by atoms with Gasteiger partial charge < -0.3 is 10.8 Å². The first kappa shape index (κ1) is 17.6. The first-order valence-corrected chi connectivity index (χ1v) is 7.13. The van der Waals surface area contributed by atoms with E-state index in [2.05, 4.69) is 4.72 Å². The topological polar surface area (TPSA) is 109 Å². The van der Waals surface area contributed by atoms with Crippen LogP contribution < -0.4 is 10.5 Å². The Morgan fingerprint density at radius 1 is 1.39 bits per heavy atom. The molecular weight excluding hydrogens is 395 g/mol. The molecule has 1 rings (SSSR count). The monoisotopic (exact) mass is 406 g/mol. The Morgan fingerprint density at radius 3 is 2.33 bits per heavy atom. The molecule has 0 unspecified atom stereocenters. The lowest BCUT2D eigenvalue weighted by atomic mass is 10.4. The van der Waals surface area contributed by atoms with E-state index in [1.54, 1.807) is 12.1 Å². The van der Waals surface area contributed by atoms with Crippen LogP contribution >= 0.6 is 35.0 Å². The number of carboxylic acid groups (broad SMARTS) is 1. The molecule has 0 aromatic heterocycles. The average Bonchev–Trinajstić information content (AvgIpc) is 2.15. The quantitative estimate of drug-likeness (QED) is 0.494. The van der Waals surface area contributed by atoms with E-state index in [0.29, 0.717) is 0 Å². The molecule has 0 aliphatic carbocycles. The van der Waals surface area contributed by atoms with Crippen LogP contribution in [-0.4, -0.2) is 25.7 Å². The Balaban J connectivity index is 0.00000289. The summed E-state index contributed by atoms with van der Waals surface area (Å²) in [5.74, 6) is -1.16. The number of nitrogens with two attached hydrogens (primary N) is 1. The van der Waals surface area contributed by atoms with Gasteiger partial charge in [-0.25, -0.2) is 8.42 Å². The number of rotatable bonds is 5. The number of carboxylic acids is 1. The molecule has 102 valence electrons. The van der Waals surface area contributed by atoms with E-state index in [-0.39, 0.29) is 17.3 Å². The van der Waals surface area contributed by atoms with Gasteiger partial charge in [0.15, 0.2) is 0 Å². The zero-order valence-electron chi connectivity index (χ0n) is 9.04. The zero-order valence-corrected chi connectivity index (χ0v) is 12.8. The summed E-state index contributed by atoms with van der Waals surface area (Å²) in [6.45, 7) is 0. The van der Waals surface area contributed by atoms with E-state index >= 15 is 0 Å². The molecule has 0 aliphatic heterocycles. The number of carbonyl (C=O) groups is 1. The van der Waals surface area contributed by atoms with E-state index in [1.807, 2.05) is 22.6 Å². The predicted octanol–water partition coefficient (Wildman–Crippen LogP) is 0.751. The molecule has 1 aromatic carbocycles. The first-order valence-electron chi connectivity index (χ1n) is 4.56. The zero-order chi connectivity index (χ0) is 13.1. The van der Waals surface area contributed by atoms with E-state index in [1.165, 1.54) is 12.1 Å². The van der Waals surface area contributed by atoms with E-state index in [0.717, 1.165) is 3.57 Å². The molecule has 6 nitrogen and oxygen atoms in total. The highest BCUT2D eigenvalue weighted by molar-refractivity contribution is 14.1. The Labute approximate surface area is 125 Å². The Morgan fingerprint density at radius 2 is 1.89 bits per heavy atom. The van der Waals surface area contributed by atoms with E-state index in [4.69, 9.17) is 10.8 Å². The van der Waals surface area contributed by atoms with Gasteiger partial charge in [0.1, 0.15) is 0 Å². The average molecular weight is 407 g/mol. The number of aliphatic carboxylic acids is 1. The summed E-state index contributed by atoms with van der Waals surface area (Å²) in [5, 5.41) is 8.47. The fourth-order valence-electron chi connectivity index (χ4n) is 1.11. The molecule has 0 saturated heterocycles. The number of hydrogen-bond acceptors (Lipinski definition) is 4. The molecule has 0 heterocycles. The summed E-state index contributed by atoms with van der Waals surface area (Å²) in [6, 6.07) is 6.13. The normalized spacial score (nSPS) is 12.6. The number of hydrogen-bond donors (Lipinski definition) is 3. The van der Waals surface area contributed by atoms with Crippen molar-refractivity contribution in [3.05, 3.63) is 27.8 Å². The third kappa shape index (κ3) is 5.48. The minimum absolute atomic E-state index is 0. The minimum Gasteiger partial charge on any atom is -0.481 e. The van der Waals surface area contributed by atoms with Crippen LogP contribution in [0.5, 0.6) is 0 Å².